The highest BCUT2D eigenvalue weighted by atomic mass is 32.1. The van der Waals surface area contributed by atoms with E-state index in [1.165, 1.54) is 41.1 Å². The van der Waals surface area contributed by atoms with Crippen molar-refractivity contribution in [1.82, 2.24) is 5.32 Å². The smallest absolute Gasteiger partial charge is 0.0216 e. The lowest BCUT2D eigenvalue weighted by molar-refractivity contribution is 0.156. The van der Waals surface area contributed by atoms with Crippen molar-refractivity contribution >= 4 is 11.3 Å². The van der Waals surface area contributed by atoms with Gasteiger partial charge in [0, 0.05) is 22.8 Å². The third-order valence-corrected chi connectivity index (χ3v) is 4.58. The van der Waals surface area contributed by atoms with Gasteiger partial charge in [0.05, 0.1) is 0 Å². The van der Waals surface area contributed by atoms with Crippen LogP contribution in [0.15, 0.2) is 6.07 Å². The first-order valence-electron chi connectivity index (χ1n) is 5.86. The summed E-state index contributed by atoms with van der Waals surface area (Å²) >= 11 is 1.91. The molecule has 1 aliphatic carbocycles. The van der Waals surface area contributed by atoms with Gasteiger partial charge in [0.15, 0.2) is 0 Å². The van der Waals surface area contributed by atoms with Gasteiger partial charge in [0.2, 0.25) is 0 Å². The molecule has 0 spiro atoms. The Labute approximate surface area is 96.9 Å². The molecule has 0 atom stereocenters. The molecule has 0 amide bonds. The first kappa shape index (κ1) is 11.2. The van der Waals surface area contributed by atoms with Crippen molar-refractivity contribution in [2.75, 3.05) is 6.54 Å². The zero-order valence-corrected chi connectivity index (χ0v) is 10.8. The van der Waals surface area contributed by atoms with E-state index >= 15 is 0 Å². The number of rotatable bonds is 4. The van der Waals surface area contributed by atoms with E-state index in [4.69, 9.17) is 0 Å². The van der Waals surface area contributed by atoms with Crippen LogP contribution in [0.3, 0.4) is 0 Å². The number of hydrogen-bond acceptors (Lipinski definition) is 2. The standard InChI is InChI=1S/C13H21NS/c1-10-7-12(11(2)15-10)8-14-9-13(3)5-4-6-13/h7,14H,4-6,8-9H2,1-3H3. The minimum atomic E-state index is 0.596. The summed E-state index contributed by atoms with van der Waals surface area (Å²) in [5.74, 6) is 0. The van der Waals surface area contributed by atoms with E-state index in [0.717, 1.165) is 6.54 Å². The lowest BCUT2D eigenvalue weighted by Gasteiger charge is -2.38. The molecular weight excluding hydrogens is 202 g/mol. The molecule has 1 aromatic rings. The van der Waals surface area contributed by atoms with Gasteiger partial charge in [-0.1, -0.05) is 13.3 Å². The molecule has 1 fully saturated rings. The SMILES string of the molecule is Cc1cc(CNCC2(C)CCC2)c(C)s1. The molecule has 1 N–H and O–H groups in total. The minimum Gasteiger partial charge on any atom is -0.312 e. The van der Waals surface area contributed by atoms with Crippen LogP contribution in [0, 0.1) is 19.3 Å². The number of hydrogen-bond donors (Lipinski definition) is 1. The van der Waals surface area contributed by atoms with E-state index in [-0.39, 0.29) is 0 Å². The number of aryl methyl sites for hydroxylation is 2. The van der Waals surface area contributed by atoms with Crippen LogP contribution in [-0.4, -0.2) is 6.54 Å². The molecule has 2 rings (SSSR count). The van der Waals surface area contributed by atoms with Gasteiger partial charge in [0.1, 0.15) is 0 Å². The lowest BCUT2D eigenvalue weighted by Crippen LogP contribution is -2.36. The molecule has 1 heterocycles. The molecule has 0 unspecified atom stereocenters. The fourth-order valence-corrected chi connectivity index (χ4v) is 3.26. The summed E-state index contributed by atoms with van der Waals surface area (Å²) in [6, 6.07) is 2.32. The van der Waals surface area contributed by atoms with E-state index in [2.05, 4.69) is 32.2 Å². The monoisotopic (exact) mass is 223 g/mol. The average Bonchev–Trinajstić information content (AvgIpc) is 2.42. The molecular formula is C13H21NS. The van der Waals surface area contributed by atoms with Gasteiger partial charge in [-0.2, -0.15) is 0 Å². The van der Waals surface area contributed by atoms with Crippen LogP contribution in [0.4, 0.5) is 0 Å². The van der Waals surface area contributed by atoms with Gasteiger partial charge in [0.25, 0.3) is 0 Å². The second kappa shape index (κ2) is 4.26. The molecule has 0 bridgehead atoms. The summed E-state index contributed by atoms with van der Waals surface area (Å²) in [5, 5.41) is 3.60. The van der Waals surface area contributed by atoms with Gasteiger partial charge in [-0.05, 0) is 43.7 Å². The molecule has 0 aromatic carbocycles. The molecule has 15 heavy (non-hydrogen) atoms. The topological polar surface area (TPSA) is 12.0 Å². The fourth-order valence-electron chi connectivity index (χ4n) is 2.32. The molecule has 0 radical (unpaired) electrons. The van der Waals surface area contributed by atoms with Crippen molar-refractivity contribution in [2.45, 2.75) is 46.6 Å². The summed E-state index contributed by atoms with van der Waals surface area (Å²) in [6.45, 7) is 9.04. The second-order valence-corrected chi connectivity index (χ2v) is 6.67. The maximum Gasteiger partial charge on any atom is 0.0216 e. The molecule has 1 aromatic heterocycles. The van der Waals surface area contributed by atoms with Crippen LogP contribution in [0.25, 0.3) is 0 Å². The van der Waals surface area contributed by atoms with Gasteiger partial charge < -0.3 is 5.32 Å². The largest absolute Gasteiger partial charge is 0.312 e. The van der Waals surface area contributed by atoms with Gasteiger partial charge in [-0.3, -0.25) is 0 Å². The predicted molar refractivity (Wildman–Crippen MR) is 67.5 cm³/mol. The Kier molecular flexibility index (Phi) is 3.17. The van der Waals surface area contributed by atoms with E-state index in [1.54, 1.807) is 0 Å². The summed E-state index contributed by atoms with van der Waals surface area (Å²) in [4.78, 5) is 2.90. The van der Waals surface area contributed by atoms with E-state index in [0.29, 0.717) is 5.41 Å². The molecule has 0 saturated heterocycles. The highest BCUT2D eigenvalue weighted by molar-refractivity contribution is 7.12. The fraction of sp³-hybridized carbons (Fsp3) is 0.692. The van der Waals surface area contributed by atoms with Crippen LogP contribution in [-0.2, 0) is 6.54 Å². The Morgan fingerprint density at radius 2 is 2.13 bits per heavy atom. The quantitative estimate of drug-likeness (QED) is 0.821. The Hall–Kier alpha value is -0.340. The van der Waals surface area contributed by atoms with Crippen LogP contribution in [0.5, 0.6) is 0 Å². The summed E-state index contributed by atoms with van der Waals surface area (Å²) in [5.41, 5.74) is 2.08. The number of thiophene rings is 1. The zero-order chi connectivity index (χ0) is 10.9. The Balaban J connectivity index is 1.80. The molecule has 1 aliphatic rings. The normalized spacial score (nSPS) is 18.9. The predicted octanol–water partition coefficient (Wildman–Crippen LogP) is 3.64. The van der Waals surface area contributed by atoms with Crippen molar-refractivity contribution < 1.29 is 0 Å². The van der Waals surface area contributed by atoms with Gasteiger partial charge in [-0.15, -0.1) is 11.3 Å². The highest BCUT2D eigenvalue weighted by Crippen LogP contribution is 2.39. The highest BCUT2D eigenvalue weighted by Gasteiger charge is 2.30. The summed E-state index contributed by atoms with van der Waals surface area (Å²) in [7, 11) is 0. The van der Waals surface area contributed by atoms with Crippen LogP contribution in [0.2, 0.25) is 0 Å². The molecule has 84 valence electrons. The first-order chi connectivity index (χ1) is 7.09. The van der Waals surface area contributed by atoms with Crippen molar-refractivity contribution in [3.8, 4) is 0 Å². The maximum atomic E-state index is 3.60. The Morgan fingerprint density at radius 3 is 2.60 bits per heavy atom. The zero-order valence-electron chi connectivity index (χ0n) is 10.0. The van der Waals surface area contributed by atoms with Crippen LogP contribution < -0.4 is 5.32 Å². The second-order valence-electron chi connectivity index (χ2n) is 5.21. The van der Waals surface area contributed by atoms with Crippen molar-refractivity contribution in [1.29, 1.82) is 0 Å². The average molecular weight is 223 g/mol. The summed E-state index contributed by atoms with van der Waals surface area (Å²) < 4.78 is 0. The van der Waals surface area contributed by atoms with Crippen molar-refractivity contribution in [2.24, 2.45) is 5.41 Å². The number of nitrogens with one attached hydrogen (secondary N) is 1. The molecule has 0 aliphatic heterocycles. The molecule has 1 nitrogen and oxygen atoms in total. The third kappa shape index (κ3) is 2.61. The Bertz CT molecular complexity index is 336. The van der Waals surface area contributed by atoms with Crippen molar-refractivity contribution in [3.05, 3.63) is 21.4 Å². The van der Waals surface area contributed by atoms with E-state index in [9.17, 15) is 0 Å². The molecule has 2 heteroatoms. The van der Waals surface area contributed by atoms with Crippen molar-refractivity contribution in [3.63, 3.8) is 0 Å². The first-order valence-corrected chi connectivity index (χ1v) is 6.67. The molecule has 1 saturated carbocycles. The third-order valence-electron chi connectivity index (χ3n) is 3.57. The summed E-state index contributed by atoms with van der Waals surface area (Å²) in [6.07, 6.45) is 4.23. The Morgan fingerprint density at radius 1 is 1.40 bits per heavy atom. The van der Waals surface area contributed by atoms with E-state index < -0.39 is 0 Å². The maximum absolute atomic E-state index is 3.60. The lowest BCUT2D eigenvalue weighted by atomic mass is 9.70. The minimum absolute atomic E-state index is 0.596. The van der Waals surface area contributed by atoms with Gasteiger partial charge in [-0.25, -0.2) is 0 Å². The van der Waals surface area contributed by atoms with Gasteiger partial charge >= 0.3 is 0 Å². The van der Waals surface area contributed by atoms with Crippen LogP contribution >= 0.6 is 11.3 Å². The van der Waals surface area contributed by atoms with Crippen LogP contribution in [0.1, 0.15) is 41.5 Å². The van der Waals surface area contributed by atoms with E-state index in [1.807, 2.05) is 11.3 Å².